The SMILES string of the molecule is CSc1ccc(C)c(C(=O)NCC(=O)Nc2ccc(F)c(F)c2F)c1. The van der Waals surface area contributed by atoms with Crippen molar-refractivity contribution in [2.45, 2.75) is 11.8 Å². The lowest BCUT2D eigenvalue weighted by Gasteiger charge is -2.10. The maximum absolute atomic E-state index is 13.5. The molecule has 2 amide bonds. The number of carbonyl (C=O) groups is 2. The Morgan fingerprint density at radius 1 is 1.08 bits per heavy atom. The summed E-state index contributed by atoms with van der Waals surface area (Å²) in [7, 11) is 0. The van der Waals surface area contributed by atoms with Gasteiger partial charge in [0, 0.05) is 10.5 Å². The van der Waals surface area contributed by atoms with Crippen molar-refractivity contribution in [3.05, 3.63) is 58.9 Å². The second-order valence-corrected chi connectivity index (χ2v) is 6.01. The number of aryl methyl sites for hydroxylation is 1. The van der Waals surface area contributed by atoms with Crippen molar-refractivity contribution < 1.29 is 22.8 Å². The Morgan fingerprint density at radius 3 is 2.48 bits per heavy atom. The molecule has 25 heavy (non-hydrogen) atoms. The minimum Gasteiger partial charge on any atom is -0.343 e. The van der Waals surface area contributed by atoms with Gasteiger partial charge in [0.05, 0.1) is 12.2 Å². The van der Waals surface area contributed by atoms with Crippen LogP contribution in [0, 0.1) is 24.4 Å². The van der Waals surface area contributed by atoms with Crippen LogP contribution in [0.15, 0.2) is 35.2 Å². The topological polar surface area (TPSA) is 58.2 Å². The normalized spacial score (nSPS) is 10.4. The van der Waals surface area contributed by atoms with Crippen LogP contribution in [0.25, 0.3) is 0 Å². The molecule has 4 nitrogen and oxygen atoms in total. The van der Waals surface area contributed by atoms with Crippen LogP contribution in [0.4, 0.5) is 18.9 Å². The van der Waals surface area contributed by atoms with Gasteiger partial charge in [0.2, 0.25) is 5.91 Å². The molecule has 0 radical (unpaired) electrons. The van der Waals surface area contributed by atoms with E-state index in [1.807, 2.05) is 12.3 Å². The molecule has 2 rings (SSSR count). The summed E-state index contributed by atoms with van der Waals surface area (Å²) in [5, 5.41) is 4.49. The van der Waals surface area contributed by atoms with Crippen molar-refractivity contribution in [1.29, 1.82) is 0 Å². The minimum absolute atomic E-state index is 0.415. The molecule has 0 aliphatic rings. The summed E-state index contributed by atoms with van der Waals surface area (Å²) in [6, 6.07) is 6.96. The monoisotopic (exact) mass is 368 g/mol. The van der Waals surface area contributed by atoms with E-state index in [0.717, 1.165) is 16.5 Å². The zero-order valence-electron chi connectivity index (χ0n) is 13.5. The van der Waals surface area contributed by atoms with E-state index in [0.29, 0.717) is 11.6 Å². The summed E-state index contributed by atoms with van der Waals surface area (Å²) in [5.41, 5.74) is 0.653. The van der Waals surface area contributed by atoms with E-state index in [2.05, 4.69) is 10.6 Å². The number of thioether (sulfide) groups is 1. The summed E-state index contributed by atoms with van der Waals surface area (Å²) in [5.74, 6) is -5.76. The Hall–Kier alpha value is -2.48. The van der Waals surface area contributed by atoms with Gasteiger partial charge in [-0.05, 0) is 43.0 Å². The summed E-state index contributed by atoms with van der Waals surface area (Å²) in [4.78, 5) is 24.9. The maximum Gasteiger partial charge on any atom is 0.252 e. The van der Waals surface area contributed by atoms with Gasteiger partial charge in [-0.25, -0.2) is 13.2 Å². The van der Waals surface area contributed by atoms with E-state index < -0.39 is 41.5 Å². The number of nitrogens with one attached hydrogen (secondary N) is 2. The predicted molar refractivity (Wildman–Crippen MR) is 90.2 cm³/mol. The summed E-state index contributed by atoms with van der Waals surface area (Å²) in [6.07, 6.45) is 1.87. The highest BCUT2D eigenvalue weighted by Gasteiger charge is 2.16. The van der Waals surface area contributed by atoms with Crippen LogP contribution in [-0.2, 0) is 4.79 Å². The fourth-order valence-electron chi connectivity index (χ4n) is 2.05. The molecule has 0 bridgehead atoms. The lowest BCUT2D eigenvalue weighted by Crippen LogP contribution is -2.33. The van der Waals surface area contributed by atoms with Gasteiger partial charge in [-0.2, -0.15) is 0 Å². The molecule has 2 N–H and O–H groups in total. The largest absolute Gasteiger partial charge is 0.343 e. The van der Waals surface area contributed by atoms with Gasteiger partial charge in [-0.3, -0.25) is 9.59 Å². The van der Waals surface area contributed by atoms with E-state index >= 15 is 0 Å². The summed E-state index contributed by atoms with van der Waals surface area (Å²) in [6.45, 7) is 1.32. The summed E-state index contributed by atoms with van der Waals surface area (Å²) >= 11 is 1.47. The highest BCUT2D eigenvalue weighted by Crippen LogP contribution is 2.20. The molecule has 0 saturated heterocycles. The van der Waals surface area contributed by atoms with Crippen LogP contribution in [0.1, 0.15) is 15.9 Å². The third-order valence-corrected chi connectivity index (χ3v) is 4.13. The Bertz CT molecular complexity index is 828. The molecule has 132 valence electrons. The van der Waals surface area contributed by atoms with Crippen LogP contribution < -0.4 is 10.6 Å². The number of amides is 2. The van der Waals surface area contributed by atoms with Gasteiger partial charge in [-0.1, -0.05) is 6.07 Å². The Balaban J connectivity index is 2.01. The van der Waals surface area contributed by atoms with Crippen LogP contribution >= 0.6 is 11.8 Å². The number of benzene rings is 2. The molecule has 2 aromatic rings. The van der Waals surface area contributed by atoms with Crippen LogP contribution in [-0.4, -0.2) is 24.6 Å². The molecule has 8 heteroatoms. The standard InChI is InChI=1S/C17H15F3N2O2S/c1-9-3-4-10(25-2)7-11(9)17(24)21-8-14(23)22-13-6-5-12(18)15(19)16(13)20/h3-7H,8H2,1-2H3,(H,21,24)(H,22,23). The first-order valence-corrected chi connectivity index (χ1v) is 8.42. The average molecular weight is 368 g/mol. The second kappa shape index (κ2) is 8.06. The van der Waals surface area contributed by atoms with Gasteiger partial charge in [-0.15, -0.1) is 11.8 Å². The quantitative estimate of drug-likeness (QED) is 0.627. The Kier molecular flexibility index (Phi) is 6.08. The van der Waals surface area contributed by atoms with Crippen molar-refractivity contribution in [3.8, 4) is 0 Å². The smallest absolute Gasteiger partial charge is 0.252 e. The molecule has 0 fully saturated rings. The maximum atomic E-state index is 13.5. The number of halogens is 3. The van der Waals surface area contributed by atoms with Crippen molar-refractivity contribution in [2.75, 3.05) is 18.1 Å². The average Bonchev–Trinajstić information content (AvgIpc) is 2.60. The van der Waals surface area contributed by atoms with E-state index in [9.17, 15) is 22.8 Å². The molecule has 0 aliphatic heterocycles. The van der Waals surface area contributed by atoms with Crippen molar-refractivity contribution in [2.24, 2.45) is 0 Å². The first kappa shape index (κ1) is 18.9. The van der Waals surface area contributed by atoms with Crippen molar-refractivity contribution in [3.63, 3.8) is 0 Å². The number of hydrogen-bond donors (Lipinski definition) is 2. The molecule has 0 heterocycles. The molecule has 2 aromatic carbocycles. The van der Waals surface area contributed by atoms with E-state index in [1.165, 1.54) is 11.8 Å². The van der Waals surface area contributed by atoms with Crippen molar-refractivity contribution >= 4 is 29.3 Å². The fraction of sp³-hybridized carbons (Fsp3) is 0.176. The summed E-state index contributed by atoms with van der Waals surface area (Å²) < 4.78 is 39.5. The van der Waals surface area contributed by atoms with Crippen molar-refractivity contribution in [1.82, 2.24) is 5.32 Å². The third-order valence-electron chi connectivity index (χ3n) is 3.41. The van der Waals surface area contributed by atoms with E-state index in [4.69, 9.17) is 0 Å². The zero-order valence-corrected chi connectivity index (χ0v) is 14.3. The third kappa shape index (κ3) is 4.54. The van der Waals surface area contributed by atoms with E-state index in [-0.39, 0.29) is 0 Å². The molecule has 0 saturated carbocycles. The van der Waals surface area contributed by atoms with Gasteiger partial charge in [0.25, 0.3) is 5.91 Å². The second-order valence-electron chi connectivity index (χ2n) is 5.13. The molecular weight excluding hydrogens is 353 g/mol. The fourth-order valence-corrected chi connectivity index (χ4v) is 2.49. The minimum atomic E-state index is -1.67. The first-order valence-electron chi connectivity index (χ1n) is 7.19. The van der Waals surface area contributed by atoms with Gasteiger partial charge >= 0.3 is 0 Å². The Morgan fingerprint density at radius 2 is 1.80 bits per heavy atom. The van der Waals surface area contributed by atoms with Crippen LogP contribution in [0.3, 0.4) is 0 Å². The van der Waals surface area contributed by atoms with Gasteiger partial charge in [0.15, 0.2) is 17.5 Å². The number of hydrogen-bond acceptors (Lipinski definition) is 3. The van der Waals surface area contributed by atoms with Crippen LogP contribution in [0.2, 0.25) is 0 Å². The first-order chi connectivity index (χ1) is 11.8. The van der Waals surface area contributed by atoms with E-state index in [1.54, 1.807) is 19.1 Å². The number of rotatable bonds is 5. The Labute approximate surface area is 146 Å². The lowest BCUT2D eigenvalue weighted by molar-refractivity contribution is -0.115. The molecule has 0 spiro atoms. The van der Waals surface area contributed by atoms with Gasteiger partial charge in [0.1, 0.15) is 0 Å². The molecule has 0 atom stereocenters. The lowest BCUT2D eigenvalue weighted by atomic mass is 10.1. The highest BCUT2D eigenvalue weighted by molar-refractivity contribution is 7.98. The highest BCUT2D eigenvalue weighted by atomic mass is 32.2. The number of anilines is 1. The molecule has 0 aliphatic carbocycles. The molecule has 0 unspecified atom stereocenters. The predicted octanol–water partition coefficient (Wildman–Crippen LogP) is 3.50. The van der Waals surface area contributed by atoms with Gasteiger partial charge < -0.3 is 10.6 Å². The molecular formula is C17H15F3N2O2S. The number of carbonyl (C=O) groups excluding carboxylic acids is 2. The molecule has 0 aromatic heterocycles. The van der Waals surface area contributed by atoms with Crippen LogP contribution in [0.5, 0.6) is 0 Å². The zero-order chi connectivity index (χ0) is 18.6.